The molecule has 0 fully saturated rings. The molecule has 21 nitrogen and oxygen atoms in total. The summed E-state index contributed by atoms with van der Waals surface area (Å²) in [5.74, 6) is -1.79. The second-order valence-electron chi connectivity index (χ2n) is 9.01. The average Bonchev–Trinajstić information content (AvgIpc) is 2.93. The van der Waals surface area contributed by atoms with Gasteiger partial charge >= 0.3 is 0 Å². The van der Waals surface area contributed by atoms with E-state index in [0.717, 1.165) is 12.1 Å². The molecule has 0 radical (unpaired) electrons. The van der Waals surface area contributed by atoms with Gasteiger partial charge in [0.25, 0.3) is 40.5 Å². The first-order valence-electron chi connectivity index (χ1n) is 11.8. The highest BCUT2D eigenvalue weighted by Gasteiger charge is 2.31. The lowest BCUT2D eigenvalue weighted by Gasteiger charge is -2.15. The molecule has 4 aromatic rings. The van der Waals surface area contributed by atoms with Gasteiger partial charge in [-0.25, -0.2) is 8.42 Å². The molecule has 49 heavy (non-hydrogen) atoms. The lowest BCUT2D eigenvalue weighted by molar-refractivity contribution is 0.471. The van der Waals surface area contributed by atoms with Crippen molar-refractivity contribution in [1.82, 2.24) is 15.0 Å². The molecule has 0 bridgehead atoms. The summed E-state index contributed by atoms with van der Waals surface area (Å²) in [5, 5.41) is 17.9. The number of halogens is 2. The van der Waals surface area contributed by atoms with Crippen molar-refractivity contribution in [2.75, 3.05) is 5.32 Å². The normalized spacial score (nSPS) is 13.2. The molecule has 0 aliphatic heterocycles. The van der Waals surface area contributed by atoms with E-state index in [1.54, 1.807) is 0 Å². The molecule has 0 spiro atoms. The van der Waals surface area contributed by atoms with Gasteiger partial charge < -0.3 is 10.4 Å². The number of sulfone groups is 1. The van der Waals surface area contributed by atoms with Gasteiger partial charge in [-0.1, -0.05) is 6.58 Å². The Labute approximate surface area is 284 Å². The fourth-order valence-electron chi connectivity index (χ4n) is 4.00. The van der Waals surface area contributed by atoms with Crippen molar-refractivity contribution in [3.05, 3.63) is 52.9 Å². The maximum absolute atomic E-state index is 12.5. The first-order valence-corrected chi connectivity index (χ1v) is 19.9. The summed E-state index contributed by atoms with van der Waals surface area (Å²) in [7, 11) is -26.9. The van der Waals surface area contributed by atoms with Crippen LogP contribution in [0.5, 0.6) is 5.75 Å². The standard InChI is InChI=1S/C21H14Cl2N6O15S5/c1-2-45(31,32)13-6-11(12(46(33,34)35)7-14(13)47(36,37)38)28-29-16-15(48(39,40)41)5-9-8(17(16)30)3-4-10(18(9)49(42,43)44)24-21-26-19(22)25-20(23)27-21/h2-7,30H,1H2,(H,33,34,35)(H,36,37,38)(H,39,40,41)(H,42,43,44)(H,24,25,26,27). The highest BCUT2D eigenvalue weighted by molar-refractivity contribution is 7.95. The van der Waals surface area contributed by atoms with Crippen molar-refractivity contribution in [2.24, 2.45) is 10.2 Å². The van der Waals surface area contributed by atoms with Crippen LogP contribution in [-0.2, 0) is 50.3 Å². The minimum atomic E-state index is -5.56. The molecule has 0 amide bonds. The molecule has 0 atom stereocenters. The number of fused-ring (bicyclic) bond motifs is 1. The third kappa shape index (κ3) is 7.94. The highest BCUT2D eigenvalue weighted by Crippen LogP contribution is 2.45. The van der Waals surface area contributed by atoms with E-state index in [4.69, 9.17) is 23.2 Å². The lowest BCUT2D eigenvalue weighted by atomic mass is 10.1. The van der Waals surface area contributed by atoms with E-state index in [1.165, 1.54) is 0 Å². The maximum atomic E-state index is 12.5. The molecular formula is C21H14Cl2N6O15S5. The van der Waals surface area contributed by atoms with E-state index >= 15 is 0 Å². The third-order valence-electron chi connectivity index (χ3n) is 5.91. The van der Waals surface area contributed by atoms with Crippen molar-refractivity contribution in [2.45, 2.75) is 24.5 Å². The number of hydrogen-bond acceptors (Lipinski definition) is 17. The number of phenols is 1. The monoisotopic (exact) mass is 820 g/mol. The number of anilines is 2. The smallest absolute Gasteiger partial charge is 0.297 e. The van der Waals surface area contributed by atoms with E-state index in [2.05, 4.69) is 37.1 Å². The average molecular weight is 822 g/mol. The number of nitrogens with one attached hydrogen (secondary N) is 1. The highest BCUT2D eigenvalue weighted by atomic mass is 35.5. The molecule has 3 aromatic carbocycles. The van der Waals surface area contributed by atoms with Gasteiger partial charge in [0.05, 0.1) is 10.6 Å². The first-order chi connectivity index (χ1) is 22.3. The Morgan fingerprint density at radius 2 is 1.22 bits per heavy atom. The maximum Gasteiger partial charge on any atom is 0.297 e. The van der Waals surface area contributed by atoms with Crippen LogP contribution in [0.4, 0.5) is 23.0 Å². The van der Waals surface area contributed by atoms with Crippen LogP contribution in [0, 0.1) is 0 Å². The van der Waals surface area contributed by atoms with Crippen molar-refractivity contribution in [3.63, 3.8) is 0 Å². The van der Waals surface area contributed by atoms with E-state index in [0.29, 0.717) is 6.07 Å². The van der Waals surface area contributed by atoms with Gasteiger partial charge in [0.15, 0.2) is 5.75 Å². The summed E-state index contributed by atoms with van der Waals surface area (Å²) in [6.45, 7) is 2.97. The topological polar surface area (TPSA) is 347 Å². The lowest BCUT2D eigenvalue weighted by Crippen LogP contribution is -2.10. The van der Waals surface area contributed by atoms with Crippen LogP contribution in [0.3, 0.4) is 0 Å². The van der Waals surface area contributed by atoms with E-state index in [1.807, 2.05) is 0 Å². The van der Waals surface area contributed by atoms with E-state index in [9.17, 15) is 65.4 Å². The number of azo groups is 1. The minimum absolute atomic E-state index is 0.0286. The van der Waals surface area contributed by atoms with Gasteiger partial charge in [-0.3, -0.25) is 18.2 Å². The largest absolute Gasteiger partial charge is 0.505 e. The fourth-order valence-corrected chi connectivity index (χ4v) is 8.60. The predicted molar refractivity (Wildman–Crippen MR) is 166 cm³/mol. The van der Waals surface area contributed by atoms with E-state index in [-0.39, 0.29) is 17.5 Å². The summed E-state index contributed by atoms with van der Waals surface area (Å²) >= 11 is 11.4. The molecule has 28 heteroatoms. The fraction of sp³-hybridized carbons (Fsp3) is 0. The Hall–Kier alpha value is -3.96. The molecular weight excluding hydrogens is 807 g/mol. The molecule has 0 saturated heterocycles. The SMILES string of the molecule is C=CS(=O)(=O)c1cc(N=Nc2c(S(=O)(=O)O)cc3c(S(=O)(=O)O)c(Nc4nc(Cl)nc(Cl)n4)ccc3c2O)c(S(=O)(=O)O)cc1S(=O)(=O)O. The number of phenolic OH excluding ortho intramolecular Hbond substituents is 1. The number of benzene rings is 3. The summed E-state index contributed by atoms with van der Waals surface area (Å²) in [6, 6.07) is 2.32. The molecule has 0 aliphatic rings. The van der Waals surface area contributed by atoms with Gasteiger partial charge in [0, 0.05) is 16.2 Å². The van der Waals surface area contributed by atoms with Crippen LogP contribution < -0.4 is 5.32 Å². The number of hydrogen-bond donors (Lipinski definition) is 6. The third-order valence-corrected chi connectivity index (χ3v) is 11.4. The molecule has 0 saturated carbocycles. The Kier molecular flexibility index (Phi) is 9.84. The zero-order valence-electron chi connectivity index (χ0n) is 23.0. The molecule has 262 valence electrons. The summed E-state index contributed by atoms with van der Waals surface area (Å²) in [5.41, 5.74) is -3.07. The van der Waals surface area contributed by atoms with Crippen molar-refractivity contribution >= 4 is 107 Å². The van der Waals surface area contributed by atoms with Gasteiger partial charge in [-0.15, -0.1) is 10.2 Å². The second-order valence-corrected chi connectivity index (χ2v) is 17.1. The van der Waals surface area contributed by atoms with Gasteiger partial charge in [0.1, 0.15) is 31.0 Å². The Morgan fingerprint density at radius 1 is 0.673 bits per heavy atom. The van der Waals surface area contributed by atoms with Gasteiger partial charge in [0.2, 0.25) is 26.4 Å². The number of aromatic hydroxyl groups is 1. The van der Waals surface area contributed by atoms with Crippen LogP contribution in [0.2, 0.25) is 10.6 Å². The first kappa shape index (κ1) is 37.9. The van der Waals surface area contributed by atoms with Crippen molar-refractivity contribution < 1.29 is 65.4 Å². The zero-order chi connectivity index (χ0) is 37.1. The predicted octanol–water partition coefficient (Wildman–Crippen LogP) is 3.10. The second kappa shape index (κ2) is 12.7. The Balaban J connectivity index is 2.09. The molecule has 0 aliphatic carbocycles. The Bertz CT molecular complexity index is 2690. The number of rotatable bonds is 10. The quantitative estimate of drug-likeness (QED) is 0.0988. The summed E-state index contributed by atoms with van der Waals surface area (Å²) in [4.78, 5) is 3.78. The van der Waals surface area contributed by atoms with Crippen LogP contribution >= 0.6 is 23.2 Å². The number of aromatic nitrogens is 3. The molecule has 0 unspecified atom stereocenters. The molecule has 1 aromatic heterocycles. The van der Waals surface area contributed by atoms with Crippen molar-refractivity contribution in [3.8, 4) is 5.75 Å². The van der Waals surface area contributed by atoms with E-state index < -0.39 is 125 Å². The molecule has 6 N–H and O–H groups in total. The number of nitrogens with zero attached hydrogens (tertiary/aromatic N) is 5. The summed E-state index contributed by atoms with van der Waals surface area (Å²) < 4.78 is 162. The minimum Gasteiger partial charge on any atom is -0.505 e. The summed E-state index contributed by atoms with van der Waals surface area (Å²) in [6.07, 6.45) is 0. The van der Waals surface area contributed by atoms with Crippen LogP contribution in [0.25, 0.3) is 10.8 Å². The Morgan fingerprint density at radius 3 is 1.71 bits per heavy atom. The van der Waals surface area contributed by atoms with Crippen molar-refractivity contribution in [1.29, 1.82) is 0 Å². The molecule has 4 rings (SSSR count). The zero-order valence-corrected chi connectivity index (χ0v) is 28.6. The van der Waals surface area contributed by atoms with Crippen LogP contribution in [-0.4, -0.2) is 80.4 Å². The van der Waals surface area contributed by atoms with Gasteiger partial charge in [-0.05, 0) is 53.5 Å². The molecule has 1 heterocycles. The van der Waals surface area contributed by atoms with Crippen LogP contribution in [0.1, 0.15) is 0 Å². The van der Waals surface area contributed by atoms with Gasteiger partial charge in [-0.2, -0.15) is 48.6 Å². The van der Waals surface area contributed by atoms with Crippen LogP contribution in [0.15, 0.2) is 77.0 Å².